The summed E-state index contributed by atoms with van der Waals surface area (Å²) >= 11 is 3.30. The van der Waals surface area contributed by atoms with Gasteiger partial charge in [0.25, 0.3) is 5.91 Å². The summed E-state index contributed by atoms with van der Waals surface area (Å²) in [5.41, 5.74) is 6.80. The van der Waals surface area contributed by atoms with Crippen molar-refractivity contribution in [2.45, 2.75) is 20.0 Å². The van der Waals surface area contributed by atoms with Crippen molar-refractivity contribution in [1.29, 1.82) is 0 Å². The maximum atomic E-state index is 11.9. The molecule has 0 saturated carbocycles. The predicted molar refractivity (Wildman–Crippen MR) is 72.0 cm³/mol. The zero-order chi connectivity index (χ0) is 12.8. The van der Waals surface area contributed by atoms with E-state index in [1.54, 1.807) is 18.2 Å². The number of nitrogen functional groups attached to an aromatic ring is 1. The highest BCUT2D eigenvalue weighted by atomic mass is 79.9. The number of halogens is 1. The molecule has 0 bridgehead atoms. The Morgan fingerprint density at radius 2 is 2.29 bits per heavy atom. The first-order chi connectivity index (χ1) is 8.06. The fourth-order valence-corrected chi connectivity index (χ4v) is 1.84. The van der Waals surface area contributed by atoms with Gasteiger partial charge in [-0.3, -0.25) is 4.79 Å². The molecule has 1 aromatic rings. The number of rotatable bonds is 5. The third-order valence-electron chi connectivity index (χ3n) is 2.27. The van der Waals surface area contributed by atoms with Crippen LogP contribution in [0, 0.1) is 0 Å². The van der Waals surface area contributed by atoms with Gasteiger partial charge in [-0.2, -0.15) is 0 Å². The Morgan fingerprint density at radius 1 is 1.59 bits per heavy atom. The van der Waals surface area contributed by atoms with Gasteiger partial charge in [-0.05, 0) is 41.9 Å². The minimum Gasteiger partial charge on any atom is -0.398 e. The first-order valence-electron chi connectivity index (χ1n) is 5.50. The molecule has 1 unspecified atom stereocenters. The van der Waals surface area contributed by atoms with Gasteiger partial charge in [-0.15, -0.1) is 0 Å². The topological polar surface area (TPSA) is 64.3 Å². The van der Waals surface area contributed by atoms with Crippen LogP contribution in [0.2, 0.25) is 0 Å². The molecule has 0 heterocycles. The Hall–Kier alpha value is -1.07. The van der Waals surface area contributed by atoms with Crippen molar-refractivity contribution >= 4 is 27.5 Å². The number of hydrogen-bond acceptors (Lipinski definition) is 3. The molecule has 0 radical (unpaired) electrons. The monoisotopic (exact) mass is 300 g/mol. The van der Waals surface area contributed by atoms with Gasteiger partial charge >= 0.3 is 0 Å². The first-order valence-corrected chi connectivity index (χ1v) is 6.29. The molecule has 1 amide bonds. The molecule has 0 fully saturated rings. The fraction of sp³-hybridized carbons (Fsp3) is 0.417. The molecule has 1 rings (SSSR count). The van der Waals surface area contributed by atoms with E-state index in [4.69, 9.17) is 10.5 Å². The lowest BCUT2D eigenvalue weighted by Crippen LogP contribution is -2.32. The zero-order valence-corrected chi connectivity index (χ0v) is 11.6. The Labute approximate surface area is 110 Å². The SMILES string of the molecule is CCOC(C)CNC(=O)c1cccc(N)c1Br. The zero-order valence-electron chi connectivity index (χ0n) is 10.00. The molecule has 94 valence electrons. The summed E-state index contributed by atoms with van der Waals surface area (Å²) in [6, 6.07) is 5.21. The third kappa shape index (κ3) is 4.02. The van der Waals surface area contributed by atoms with Crippen LogP contribution < -0.4 is 11.1 Å². The fourth-order valence-electron chi connectivity index (χ4n) is 1.40. The molecule has 0 spiro atoms. The molecule has 4 nitrogen and oxygen atoms in total. The van der Waals surface area contributed by atoms with Crippen LogP contribution in [-0.4, -0.2) is 25.2 Å². The highest BCUT2D eigenvalue weighted by Crippen LogP contribution is 2.23. The standard InChI is InChI=1S/C12H17BrN2O2/c1-3-17-8(2)7-15-12(16)9-5-4-6-10(14)11(9)13/h4-6,8H,3,7,14H2,1-2H3,(H,15,16). The lowest BCUT2D eigenvalue weighted by molar-refractivity contribution is 0.0695. The number of ether oxygens (including phenoxy) is 1. The van der Waals surface area contributed by atoms with Crippen molar-refractivity contribution < 1.29 is 9.53 Å². The van der Waals surface area contributed by atoms with E-state index in [0.717, 1.165) is 0 Å². The molecular weight excluding hydrogens is 284 g/mol. The maximum Gasteiger partial charge on any atom is 0.252 e. The predicted octanol–water partition coefficient (Wildman–Crippen LogP) is 2.19. The molecule has 1 atom stereocenters. The summed E-state index contributed by atoms with van der Waals surface area (Å²) in [7, 11) is 0. The minimum atomic E-state index is -0.157. The first kappa shape index (κ1) is 14.0. The number of carbonyl (C=O) groups excluding carboxylic acids is 1. The van der Waals surface area contributed by atoms with Gasteiger partial charge in [0.05, 0.1) is 16.1 Å². The van der Waals surface area contributed by atoms with Crippen molar-refractivity contribution in [3.8, 4) is 0 Å². The molecule has 0 aliphatic heterocycles. The van der Waals surface area contributed by atoms with Gasteiger partial charge in [-0.25, -0.2) is 0 Å². The molecule has 0 aromatic heterocycles. The van der Waals surface area contributed by atoms with E-state index in [0.29, 0.717) is 28.9 Å². The average molecular weight is 301 g/mol. The normalized spacial score (nSPS) is 12.2. The number of hydrogen-bond donors (Lipinski definition) is 2. The Kier molecular flexibility index (Phi) is 5.44. The molecule has 1 aromatic carbocycles. The summed E-state index contributed by atoms with van der Waals surface area (Å²) in [5, 5.41) is 2.80. The van der Waals surface area contributed by atoms with E-state index < -0.39 is 0 Å². The number of benzene rings is 1. The van der Waals surface area contributed by atoms with E-state index in [2.05, 4.69) is 21.2 Å². The molecular formula is C12H17BrN2O2. The lowest BCUT2D eigenvalue weighted by atomic mass is 10.2. The smallest absolute Gasteiger partial charge is 0.252 e. The van der Waals surface area contributed by atoms with Gasteiger partial charge in [0.1, 0.15) is 0 Å². The van der Waals surface area contributed by atoms with E-state index >= 15 is 0 Å². The van der Waals surface area contributed by atoms with Crippen molar-refractivity contribution in [2.24, 2.45) is 0 Å². The maximum absolute atomic E-state index is 11.9. The molecule has 3 N–H and O–H groups in total. The van der Waals surface area contributed by atoms with Crippen LogP contribution in [-0.2, 0) is 4.74 Å². The van der Waals surface area contributed by atoms with Crippen LogP contribution in [0.1, 0.15) is 24.2 Å². The Morgan fingerprint density at radius 3 is 2.94 bits per heavy atom. The third-order valence-corrected chi connectivity index (χ3v) is 3.16. The molecule has 17 heavy (non-hydrogen) atoms. The van der Waals surface area contributed by atoms with E-state index in [-0.39, 0.29) is 12.0 Å². The number of amides is 1. The van der Waals surface area contributed by atoms with Gasteiger partial charge in [0, 0.05) is 18.8 Å². The second kappa shape index (κ2) is 6.61. The minimum absolute atomic E-state index is 0.00350. The van der Waals surface area contributed by atoms with Crippen LogP contribution in [0.25, 0.3) is 0 Å². The Bertz CT molecular complexity index is 396. The summed E-state index contributed by atoms with van der Waals surface area (Å²) in [4.78, 5) is 11.9. The van der Waals surface area contributed by atoms with E-state index in [1.807, 2.05) is 13.8 Å². The van der Waals surface area contributed by atoms with Crippen LogP contribution in [0.5, 0.6) is 0 Å². The summed E-state index contributed by atoms with van der Waals surface area (Å²) in [5.74, 6) is -0.157. The van der Waals surface area contributed by atoms with Crippen LogP contribution in [0.15, 0.2) is 22.7 Å². The van der Waals surface area contributed by atoms with Crippen molar-refractivity contribution in [3.05, 3.63) is 28.2 Å². The van der Waals surface area contributed by atoms with Crippen LogP contribution in [0.3, 0.4) is 0 Å². The molecule has 0 aliphatic rings. The Balaban J connectivity index is 2.61. The van der Waals surface area contributed by atoms with E-state index in [9.17, 15) is 4.79 Å². The van der Waals surface area contributed by atoms with Crippen LogP contribution >= 0.6 is 15.9 Å². The van der Waals surface area contributed by atoms with Crippen molar-refractivity contribution in [1.82, 2.24) is 5.32 Å². The quantitative estimate of drug-likeness (QED) is 0.819. The number of nitrogens with two attached hydrogens (primary N) is 1. The summed E-state index contributed by atoms with van der Waals surface area (Å²) in [6.45, 7) is 4.96. The largest absolute Gasteiger partial charge is 0.398 e. The van der Waals surface area contributed by atoms with Gasteiger partial charge in [0.2, 0.25) is 0 Å². The number of carbonyl (C=O) groups is 1. The summed E-state index contributed by atoms with van der Waals surface area (Å²) < 4.78 is 5.96. The van der Waals surface area contributed by atoms with Crippen molar-refractivity contribution in [2.75, 3.05) is 18.9 Å². The number of anilines is 1. The lowest BCUT2D eigenvalue weighted by Gasteiger charge is -2.13. The average Bonchev–Trinajstić information content (AvgIpc) is 2.30. The second-order valence-corrected chi connectivity index (χ2v) is 4.48. The summed E-state index contributed by atoms with van der Waals surface area (Å²) in [6.07, 6.45) is 0.00350. The molecule has 5 heteroatoms. The highest BCUT2D eigenvalue weighted by molar-refractivity contribution is 9.10. The van der Waals surface area contributed by atoms with Gasteiger partial charge in [-0.1, -0.05) is 6.07 Å². The highest BCUT2D eigenvalue weighted by Gasteiger charge is 2.12. The molecule has 0 saturated heterocycles. The van der Waals surface area contributed by atoms with E-state index in [1.165, 1.54) is 0 Å². The second-order valence-electron chi connectivity index (χ2n) is 3.68. The van der Waals surface area contributed by atoms with Gasteiger partial charge < -0.3 is 15.8 Å². The molecule has 0 aliphatic carbocycles. The van der Waals surface area contributed by atoms with Crippen LogP contribution in [0.4, 0.5) is 5.69 Å². The van der Waals surface area contributed by atoms with Crippen molar-refractivity contribution in [3.63, 3.8) is 0 Å². The van der Waals surface area contributed by atoms with Gasteiger partial charge in [0.15, 0.2) is 0 Å². The number of nitrogens with one attached hydrogen (secondary N) is 1.